The molecule has 158 valence electrons. The van der Waals surface area contributed by atoms with Crippen LogP contribution in [0, 0.1) is 13.8 Å². The number of nitrogens with zero attached hydrogens (tertiary/aromatic N) is 5. The van der Waals surface area contributed by atoms with Crippen molar-refractivity contribution in [2.24, 2.45) is 0 Å². The standard InChI is InChI=1S/C19H21N5O5S/c1-10-17-14(19(25)28-8-16-20-11(2)23-29-16)7-15(12-3-4-12)21-18(17)24(22-10)13-5-6-30(26,27)9-13/h7,12-13H,3-6,8-9H2,1-2H3. The van der Waals surface area contributed by atoms with Crippen LogP contribution in [0.4, 0.5) is 0 Å². The number of pyridine rings is 1. The van der Waals surface area contributed by atoms with Gasteiger partial charge < -0.3 is 9.26 Å². The summed E-state index contributed by atoms with van der Waals surface area (Å²) in [5.41, 5.74) is 2.34. The van der Waals surface area contributed by atoms with Crippen molar-refractivity contribution in [3.8, 4) is 0 Å². The van der Waals surface area contributed by atoms with E-state index in [2.05, 4.69) is 15.2 Å². The Labute approximate surface area is 172 Å². The summed E-state index contributed by atoms with van der Waals surface area (Å²) < 4.78 is 36.1. The predicted octanol–water partition coefficient (Wildman–Crippen LogP) is 2.03. The van der Waals surface area contributed by atoms with Gasteiger partial charge in [-0.1, -0.05) is 5.16 Å². The zero-order valence-electron chi connectivity index (χ0n) is 16.7. The summed E-state index contributed by atoms with van der Waals surface area (Å²) in [6.07, 6.45) is 2.52. The molecule has 3 aromatic heterocycles. The summed E-state index contributed by atoms with van der Waals surface area (Å²) in [5.74, 6) is 0.634. The van der Waals surface area contributed by atoms with Gasteiger partial charge in [0.05, 0.1) is 34.2 Å². The van der Waals surface area contributed by atoms with Gasteiger partial charge in [-0.25, -0.2) is 22.9 Å². The van der Waals surface area contributed by atoms with Crippen molar-refractivity contribution < 1.29 is 22.5 Å². The third-order valence-corrected chi connectivity index (χ3v) is 7.27. The van der Waals surface area contributed by atoms with Crippen LogP contribution in [0.25, 0.3) is 11.0 Å². The molecular formula is C19H21N5O5S. The van der Waals surface area contributed by atoms with Gasteiger partial charge >= 0.3 is 5.97 Å². The van der Waals surface area contributed by atoms with E-state index in [-0.39, 0.29) is 30.0 Å². The first-order valence-corrected chi connectivity index (χ1v) is 11.7. The first-order chi connectivity index (χ1) is 14.3. The second-order valence-electron chi connectivity index (χ2n) is 7.97. The molecule has 1 aliphatic carbocycles. The van der Waals surface area contributed by atoms with Gasteiger partial charge in [0.25, 0.3) is 5.89 Å². The number of aryl methyl sites for hydroxylation is 2. The van der Waals surface area contributed by atoms with E-state index in [1.165, 1.54) is 0 Å². The molecular weight excluding hydrogens is 410 g/mol. The Kier molecular flexibility index (Phi) is 4.38. The molecule has 0 aromatic carbocycles. The molecule has 2 fully saturated rings. The monoisotopic (exact) mass is 431 g/mol. The fourth-order valence-corrected chi connectivity index (χ4v) is 5.60. The number of carbonyl (C=O) groups is 1. The van der Waals surface area contributed by atoms with Crippen LogP contribution in [0.3, 0.4) is 0 Å². The third-order valence-electron chi connectivity index (χ3n) is 5.52. The van der Waals surface area contributed by atoms with Gasteiger partial charge in [0, 0.05) is 11.6 Å². The lowest BCUT2D eigenvalue weighted by Crippen LogP contribution is -2.14. The summed E-state index contributed by atoms with van der Waals surface area (Å²) >= 11 is 0. The molecule has 1 atom stereocenters. The Morgan fingerprint density at radius 3 is 2.70 bits per heavy atom. The topological polar surface area (TPSA) is 130 Å². The minimum absolute atomic E-state index is 0.0366. The molecule has 11 heteroatoms. The van der Waals surface area contributed by atoms with Crippen LogP contribution in [-0.4, -0.2) is 50.8 Å². The van der Waals surface area contributed by atoms with Gasteiger partial charge in [-0.05, 0) is 39.2 Å². The molecule has 3 aromatic rings. The first-order valence-electron chi connectivity index (χ1n) is 9.87. The Morgan fingerprint density at radius 1 is 1.27 bits per heavy atom. The summed E-state index contributed by atoms with van der Waals surface area (Å²) in [7, 11) is -3.08. The van der Waals surface area contributed by atoms with Gasteiger partial charge in [-0.3, -0.25) is 0 Å². The van der Waals surface area contributed by atoms with E-state index in [1.54, 1.807) is 24.6 Å². The van der Waals surface area contributed by atoms with Crippen LogP contribution < -0.4 is 0 Å². The van der Waals surface area contributed by atoms with Gasteiger partial charge in [0.1, 0.15) is 0 Å². The molecule has 0 bridgehead atoms. The van der Waals surface area contributed by atoms with Crippen molar-refractivity contribution >= 4 is 26.8 Å². The van der Waals surface area contributed by atoms with E-state index in [0.29, 0.717) is 40.5 Å². The van der Waals surface area contributed by atoms with Crippen LogP contribution in [0.2, 0.25) is 0 Å². The van der Waals surface area contributed by atoms with Crippen molar-refractivity contribution in [1.82, 2.24) is 24.9 Å². The maximum atomic E-state index is 12.9. The van der Waals surface area contributed by atoms with Crippen molar-refractivity contribution in [3.05, 3.63) is 34.7 Å². The first kappa shape index (κ1) is 19.2. The highest BCUT2D eigenvalue weighted by molar-refractivity contribution is 7.91. The van der Waals surface area contributed by atoms with E-state index in [1.807, 2.05) is 0 Å². The molecule has 0 amide bonds. The summed E-state index contributed by atoms with van der Waals surface area (Å²) in [5, 5.41) is 8.84. The molecule has 0 spiro atoms. The molecule has 1 saturated heterocycles. The molecule has 1 saturated carbocycles. The normalized spacial score (nSPS) is 20.7. The lowest BCUT2D eigenvalue weighted by atomic mass is 10.1. The Bertz CT molecular complexity index is 1260. The summed E-state index contributed by atoms with van der Waals surface area (Å²) in [4.78, 5) is 21.8. The number of carbonyl (C=O) groups excluding carboxylic acids is 1. The Balaban J connectivity index is 1.54. The molecule has 2 aliphatic rings. The number of rotatable bonds is 5. The van der Waals surface area contributed by atoms with Crippen molar-refractivity contribution in [1.29, 1.82) is 0 Å². The van der Waals surface area contributed by atoms with E-state index < -0.39 is 15.8 Å². The third kappa shape index (κ3) is 3.47. The lowest BCUT2D eigenvalue weighted by molar-refractivity contribution is 0.0432. The van der Waals surface area contributed by atoms with E-state index in [9.17, 15) is 13.2 Å². The molecule has 10 nitrogen and oxygen atoms in total. The number of hydrogen-bond donors (Lipinski definition) is 0. The van der Waals surface area contributed by atoms with E-state index >= 15 is 0 Å². The maximum absolute atomic E-state index is 12.9. The van der Waals surface area contributed by atoms with Crippen molar-refractivity contribution in [2.75, 3.05) is 11.5 Å². The molecule has 0 N–H and O–H groups in total. The fourth-order valence-electron chi connectivity index (χ4n) is 3.91. The fraction of sp³-hybridized carbons (Fsp3) is 0.526. The number of fused-ring (bicyclic) bond motifs is 1. The maximum Gasteiger partial charge on any atom is 0.339 e. The predicted molar refractivity (Wildman–Crippen MR) is 105 cm³/mol. The minimum atomic E-state index is -3.08. The Hall–Kier alpha value is -2.82. The SMILES string of the molecule is Cc1noc(COC(=O)c2cc(C3CC3)nc3c2c(C)nn3C2CCS(=O)(=O)C2)n1. The van der Waals surface area contributed by atoms with Crippen LogP contribution in [-0.2, 0) is 21.2 Å². The average Bonchev–Trinajstić information content (AvgIpc) is 3.26. The second-order valence-corrected chi connectivity index (χ2v) is 10.2. The molecule has 4 heterocycles. The van der Waals surface area contributed by atoms with E-state index in [0.717, 1.165) is 18.5 Å². The smallest absolute Gasteiger partial charge is 0.339 e. The molecule has 0 radical (unpaired) electrons. The van der Waals surface area contributed by atoms with Crippen molar-refractivity contribution in [2.45, 2.75) is 51.7 Å². The van der Waals surface area contributed by atoms with Gasteiger partial charge in [0.15, 0.2) is 27.9 Å². The average molecular weight is 431 g/mol. The molecule has 1 unspecified atom stereocenters. The largest absolute Gasteiger partial charge is 0.452 e. The number of hydrogen-bond acceptors (Lipinski definition) is 9. The zero-order valence-corrected chi connectivity index (χ0v) is 17.5. The van der Waals surface area contributed by atoms with Gasteiger partial charge in [0.2, 0.25) is 0 Å². The number of ether oxygens (including phenoxy) is 1. The van der Waals surface area contributed by atoms with Crippen molar-refractivity contribution in [3.63, 3.8) is 0 Å². The highest BCUT2D eigenvalue weighted by Gasteiger charge is 2.34. The summed E-state index contributed by atoms with van der Waals surface area (Å²) in [6.45, 7) is 3.35. The van der Waals surface area contributed by atoms with Crippen LogP contribution in [0.15, 0.2) is 10.6 Å². The number of aromatic nitrogens is 5. The van der Waals surface area contributed by atoms with Crippen LogP contribution in [0.5, 0.6) is 0 Å². The molecule has 30 heavy (non-hydrogen) atoms. The zero-order chi connectivity index (χ0) is 21.0. The Morgan fingerprint density at radius 2 is 2.07 bits per heavy atom. The highest BCUT2D eigenvalue weighted by Crippen LogP contribution is 2.41. The quantitative estimate of drug-likeness (QED) is 0.557. The van der Waals surface area contributed by atoms with Crippen LogP contribution >= 0.6 is 0 Å². The summed E-state index contributed by atoms with van der Waals surface area (Å²) in [6, 6.07) is 1.49. The second kappa shape index (κ2) is 6.86. The molecule has 5 rings (SSSR count). The lowest BCUT2D eigenvalue weighted by Gasteiger charge is -2.11. The molecule has 1 aliphatic heterocycles. The number of esters is 1. The minimum Gasteiger partial charge on any atom is -0.452 e. The highest BCUT2D eigenvalue weighted by atomic mass is 32.2. The van der Waals surface area contributed by atoms with Gasteiger partial charge in [-0.15, -0.1) is 0 Å². The van der Waals surface area contributed by atoms with E-state index in [4.69, 9.17) is 14.2 Å². The van der Waals surface area contributed by atoms with Crippen LogP contribution in [0.1, 0.15) is 64.7 Å². The van der Waals surface area contributed by atoms with Gasteiger partial charge in [-0.2, -0.15) is 10.1 Å². The number of sulfone groups is 1.